The van der Waals surface area contributed by atoms with Gasteiger partial charge in [0, 0.05) is 19.6 Å². The number of hydrogen-bond acceptors (Lipinski definition) is 5. The van der Waals surface area contributed by atoms with Gasteiger partial charge in [-0.2, -0.15) is 4.31 Å². The van der Waals surface area contributed by atoms with E-state index in [4.69, 9.17) is 4.74 Å². The molecule has 2 aliphatic heterocycles. The predicted octanol–water partition coefficient (Wildman–Crippen LogP) is 2.40. The van der Waals surface area contributed by atoms with Gasteiger partial charge in [-0.15, -0.1) is 0 Å². The Labute approximate surface area is 194 Å². The van der Waals surface area contributed by atoms with Crippen molar-refractivity contribution in [2.75, 3.05) is 31.1 Å². The van der Waals surface area contributed by atoms with E-state index in [1.165, 1.54) is 21.3 Å². The van der Waals surface area contributed by atoms with E-state index in [0.717, 1.165) is 12.0 Å². The van der Waals surface area contributed by atoms with Crippen molar-refractivity contribution >= 4 is 27.5 Å². The molecule has 2 heterocycles. The summed E-state index contributed by atoms with van der Waals surface area (Å²) in [7, 11) is -3.74. The smallest absolute Gasteiger partial charge is 0.265 e. The zero-order valence-corrected chi connectivity index (χ0v) is 19.7. The molecule has 0 saturated carbocycles. The minimum Gasteiger partial charge on any atom is -0.482 e. The number of ether oxygens (including phenoxy) is 1. The molecule has 4 rings (SSSR count). The number of hydrogen-bond donors (Lipinski definition) is 1. The van der Waals surface area contributed by atoms with Crippen LogP contribution < -0.4 is 15.0 Å². The first-order chi connectivity index (χ1) is 15.7. The summed E-state index contributed by atoms with van der Waals surface area (Å²) < 4.78 is 33.7. The Morgan fingerprint density at radius 1 is 1.09 bits per heavy atom. The SMILES string of the molecule is C[C@@H]1C[C@H](C)CN(S(=O)(=O)c2ccc3c(c2)N(CC(=O)NCc2ccccc2)C(=O)CO3)C1. The van der Waals surface area contributed by atoms with Crippen LogP contribution in [0.25, 0.3) is 0 Å². The quantitative estimate of drug-likeness (QED) is 0.698. The molecular formula is C24H29N3O5S. The van der Waals surface area contributed by atoms with Gasteiger partial charge in [-0.3, -0.25) is 14.5 Å². The van der Waals surface area contributed by atoms with E-state index in [9.17, 15) is 18.0 Å². The molecule has 0 unspecified atom stereocenters. The maximum Gasteiger partial charge on any atom is 0.265 e. The zero-order chi connectivity index (χ0) is 23.6. The maximum atomic E-state index is 13.3. The van der Waals surface area contributed by atoms with Gasteiger partial charge >= 0.3 is 0 Å². The Bertz CT molecular complexity index is 1130. The molecule has 0 radical (unpaired) electrons. The molecule has 0 bridgehead atoms. The number of fused-ring (bicyclic) bond motifs is 1. The fraction of sp³-hybridized carbons (Fsp3) is 0.417. The molecule has 2 amide bonds. The van der Waals surface area contributed by atoms with Crippen LogP contribution in [-0.2, 0) is 26.2 Å². The highest BCUT2D eigenvalue weighted by Crippen LogP contribution is 2.36. The fourth-order valence-electron chi connectivity index (χ4n) is 4.46. The minimum absolute atomic E-state index is 0.0931. The first-order valence-electron chi connectivity index (χ1n) is 11.1. The van der Waals surface area contributed by atoms with Gasteiger partial charge in [-0.1, -0.05) is 44.2 Å². The van der Waals surface area contributed by atoms with Gasteiger partial charge in [-0.25, -0.2) is 8.42 Å². The van der Waals surface area contributed by atoms with Crippen molar-refractivity contribution in [3.05, 3.63) is 54.1 Å². The number of nitrogens with one attached hydrogen (secondary N) is 1. The third kappa shape index (κ3) is 5.20. The van der Waals surface area contributed by atoms with Gasteiger partial charge in [-0.05, 0) is 42.0 Å². The average Bonchev–Trinajstić information content (AvgIpc) is 2.79. The number of amides is 2. The molecular weight excluding hydrogens is 442 g/mol. The van der Waals surface area contributed by atoms with Crippen LogP contribution in [-0.4, -0.2) is 50.8 Å². The van der Waals surface area contributed by atoms with Crippen molar-refractivity contribution in [1.82, 2.24) is 9.62 Å². The lowest BCUT2D eigenvalue weighted by Gasteiger charge is -2.34. The van der Waals surface area contributed by atoms with Crippen molar-refractivity contribution in [2.45, 2.75) is 31.7 Å². The van der Waals surface area contributed by atoms with E-state index >= 15 is 0 Å². The Kier molecular flexibility index (Phi) is 6.71. The van der Waals surface area contributed by atoms with Crippen molar-refractivity contribution < 1.29 is 22.7 Å². The second-order valence-corrected chi connectivity index (χ2v) is 10.9. The molecule has 1 fully saturated rings. The number of carbonyl (C=O) groups is 2. The molecule has 2 aromatic rings. The van der Waals surface area contributed by atoms with E-state index in [2.05, 4.69) is 5.32 Å². The van der Waals surface area contributed by atoms with Crippen molar-refractivity contribution in [3.63, 3.8) is 0 Å². The third-order valence-corrected chi connectivity index (χ3v) is 7.81. The van der Waals surface area contributed by atoms with Crippen LogP contribution in [0.15, 0.2) is 53.4 Å². The van der Waals surface area contributed by atoms with Crippen LogP contribution in [0.1, 0.15) is 25.8 Å². The number of benzene rings is 2. The molecule has 9 heteroatoms. The van der Waals surface area contributed by atoms with Crippen molar-refractivity contribution in [1.29, 1.82) is 0 Å². The van der Waals surface area contributed by atoms with Crippen LogP contribution in [0.2, 0.25) is 0 Å². The molecule has 1 saturated heterocycles. The second kappa shape index (κ2) is 9.52. The van der Waals surface area contributed by atoms with Crippen molar-refractivity contribution in [2.24, 2.45) is 11.8 Å². The molecule has 2 atom stereocenters. The molecule has 0 aliphatic carbocycles. The monoisotopic (exact) mass is 471 g/mol. The molecule has 176 valence electrons. The minimum atomic E-state index is -3.74. The summed E-state index contributed by atoms with van der Waals surface area (Å²) in [6, 6.07) is 14.0. The number of carbonyl (C=O) groups excluding carboxylic acids is 2. The number of anilines is 1. The van der Waals surface area contributed by atoms with Gasteiger partial charge in [0.05, 0.1) is 10.6 Å². The highest BCUT2D eigenvalue weighted by molar-refractivity contribution is 7.89. The van der Waals surface area contributed by atoms with Gasteiger partial charge in [0.25, 0.3) is 5.91 Å². The Morgan fingerprint density at radius 3 is 2.48 bits per heavy atom. The van der Waals surface area contributed by atoms with Crippen LogP contribution in [0.5, 0.6) is 5.75 Å². The first-order valence-corrected chi connectivity index (χ1v) is 12.6. The Hall–Kier alpha value is -2.91. The highest BCUT2D eigenvalue weighted by Gasteiger charge is 2.34. The molecule has 0 spiro atoms. The average molecular weight is 472 g/mol. The molecule has 0 aromatic heterocycles. The summed E-state index contributed by atoms with van der Waals surface area (Å²) >= 11 is 0. The van der Waals surface area contributed by atoms with Gasteiger partial charge in [0.1, 0.15) is 12.3 Å². The molecule has 8 nitrogen and oxygen atoms in total. The number of nitrogens with zero attached hydrogens (tertiary/aromatic N) is 2. The first kappa shape index (κ1) is 23.3. The van der Waals surface area contributed by atoms with Gasteiger partial charge in [0.15, 0.2) is 6.61 Å². The molecule has 1 N–H and O–H groups in total. The lowest BCUT2D eigenvalue weighted by molar-refractivity contribution is -0.125. The largest absolute Gasteiger partial charge is 0.482 e. The summed E-state index contributed by atoms with van der Waals surface area (Å²) in [6.07, 6.45) is 0.990. The van der Waals surface area contributed by atoms with Crippen LogP contribution in [0.4, 0.5) is 5.69 Å². The van der Waals surface area contributed by atoms with Gasteiger partial charge in [0.2, 0.25) is 15.9 Å². The summed E-state index contributed by atoms with van der Waals surface area (Å²) in [6.45, 7) is 4.94. The van der Waals surface area contributed by atoms with Crippen LogP contribution in [0, 0.1) is 11.8 Å². The number of rotatable bonds is 6. The Morgan fingerprint density at radius 2 is 1.79 bits per heavy atom. The molecule has 2 aliphatic rings. The fourth-order valence-corrected chi connectivity index (χ4v) is 6.16. The number of sulfonamides is 1. The van der Waals surface area contributed by atoms with Gasteiger partial charge < -0.3 is 10.1 Å². The summed E-state index contributed by atoms with van der Waals surface area (Å²) in [5, 5.41) is 2.80. The van der Waals surface area contributed by atoms with E-state index in [-0.39, 0.29) is 35.8 Å². The standard InChI is InChI=1S/C24H29N3O5S/c1-17-10-18(2)14-26(13-17)33(30,31)20-8-9-22-21(11-20)27(24(29)16-32-22)15-23(28)25-12-19-6-4-3-5-7-19/h3-9,11,17-18H,10,12-16H2,1-2H3,(H,25,28)/t17-,18+. The normalized spacial score (nSPS) is 21.3. The zero-order valence-electron chi connectivity index (χ0n) is 18.9. The molecule has 33 heavy (non-hydrogen) atoms. The highest BCUT2D eigenvalue weighted by atomic mass is 32.2. The number of piperidine rings is 1. The summed E-state index contributed by atoms with van der Waals surface area (Å²) in [5.74, 6) is 0.190. The predicted molar refractivity (Wildman–Crippen MR) is 124 cm³/mol. The van der Waals surface area contributed by atoms with E-state index in [1.807, 2.05) is 44.2 Å². The van der Waals surface area contributed by atoms with Crippen LogP contribution in [0.3, 0.4) is 0 Å². The van der Waals surface area contributed by atoms with E-state index in [1.54, 1.807) is 6.07 Å². The topological polar surface area (TPSA) is 96.0 Å². The molecule has 2 aromatic carbocycles. The summed E-state index contributed by atoms with van der Waals surface area (Å²) in [4.78, 5) is 26.5. The Balaban J connectivity index is 1.54. The lowest BCUT2D eigenvalue weighted by atomic mass is 9.94. The van der Waals surface area contributed by atoms with E-state index in [0.29, 0.717) is 31.1 Å². The lowest BCUT2D eigenvalue weighted by Crippen LogP contribution is -2.45. The van der Waals surface area contributed by atoms with E-state index < -0.39 is 15.9 Å². The maximum absolute atomic E-state index is 13.3. The van der Waals surface area contributed by atoms with Crippen molar-refractivity contribution in [3.8, 4) is 5.75 Å². The summed E-state index contributed by atoms with van der Waals surface area (Å²) in [5.41, 5.74) is 1.23. The van der Waals surface area contributed by atoms with Crippen LogP contribution >= 0.6 is 0 Å². The second-order valence-electron chi connectivity index (χ2n) is 8.93. The third-order valence-electron chi connectivity index (χ3n) is 5.98.